The molecule has 2 aliphatic rings. The summed E-state index contributed by atoms with van der Waals surface area (Å²) in [7, 11) is 0. The Morgan fingerprint density at radius 1 is 1.14 bits per heavy atom. The first-order valence-corrected chi connectivity index (χ1v) is 10.2. The second kappa shape index (κ2) is 7.13. The van der Waals surface area contributed by atoms with Crippen molar-refractivity contribution < 1.29 is 19.1 Å². The minimum absolute atomic E-state index is 0.00682. The molecule has 0 radical (unpaired) electrons. The summed E-state index contributed by atoms with van der Waals surface area (Å²) in [4.78, 5) is 29.3. The molecule has 0 aliphatic heterocycles. The fourth-order valence-corrected chi connectivity index (χ4v) is 5.60. The minimum Gasteiger partial charge on any atom is -0.481 e. The lowest BCUT2D eigenvalue weighted by molar-refractivity contribution is -0.148. The summed E-state index contributed by atoms with van der Waals surface area (Å²) in [5, 5.41) is 14.8. The van der Waals surface area contributed by atoms with Crippen molar-refractivity contribution in [3.05, 3.63) is 46.6 Å². The zero-order chi connectivity index (χ0) is 20.0. The number of anilines is 1. The van der Waals surface area contributed by atoms with Gasteiger partial charge in [-0.05, 0) is 62.8 Å². The van der Waals surface area contributed by atoms with Gasteiger partial charge < -0.3 is 10.4 Å². The number of carbonyl (C=O) groups is 2. The number of hydrogen-bond acceptors (Lipinski definition) is 4. The Bertz CT molecular complexity index is 962. The van der Waals surface area contributed by atoms with Crippen LogP contribution in [0.2, 0.25) is 0 Å². The summed E-state index contributed by atoms with van der Waals surface area (Å²) in [5.74, 6) is -2.81. The number of nitrogens with one attached hydrogen (secondary N) is 1. The topological polar surface area (TPSA) is 79.3 Å². The van der Waals surface area contributed by atoms with Gasteiger partial charge in [0.15, 0.2) is 5.13 Å². The molecule has 28 heavy (non-hydrogen) atoms. The number of hydrogen-bond donors (Lipinski definition) is 2. The van der Waals surface area contributed by atoms with E-state index in [0.717, 1.165) is 29.6 Å². The number of carboxylic acid groups (broad SMARTS) is 1. The van der Waals surface area contributed by atoms with Crippen molar-refractivity contribution in [2.24, 2.45) is 23.7 Å². The van der Waals surface area contributed by atoms with Gasteiger partial charge in [-0.2, -0.15) is 0 Å². The van der Waals surface area contributed by atoms with E-state index in [9.17, 15) is 19.1 Å². The Hall–Kier alpha value is -2.54. The average molecular weight is 400 g/mol. The highest BCUT2D eigenvalue weighted by Gasteiger charge is 2.57. The second-order valence-corrected chi connectivity index (χ2v) is 8.53. The van der Waals surface area contributed by atoms with Gasteiger partial charge in [0.25, 0.3) is 0 Å². The van der Waals surface area contributed by atoms with Gasteiger partial charge in [-0.15, -0.1) is 11.3 Å². The first kappa shape index (κ1) is 18.8. The van der Waals surface area contributed by atoms with Crippen LogP contribution in [0.1, 0.15) is 26.7 Å². The third-order valence-corrected chi connectivity index (χ3v) is 6.64. The third-order valence-electron chi connectivity index (χ3n) is 5.88. The van der Waals surface area contributed by atoms with Crippen LogP contribution in [-0.4, -0.2) is 22.0 Å². The molecule has 2 aromatic rings. The van der Waals surface area contributed by atoms with Gasteiger partial charge in [0.2, 0.25) is 5.91 Å². The minimum atomic E-state index is -0.905. The molecule has 2 N–H and O–H groups in total. The molecular weight excluding hydrogens is 379 g/mol. The zero-order valence-electron chi connectivity index (χ0n) is 15.6. The lowest BCUT2D eigenvalue weighted by Crippen LogP contribution is -2.37. The fourth-order valence-electron chi connectivity index (χ4n) is 4.88. The van der Waals surface area contributed by atoms with Gasteiger partial charge in [-0.25, -0.2) is 9.37 Å². The van der Waals surface area contributed by atoms with E-state index in [1.807, 2.05) is 13.8 Å². The van der Waals surface area contributed by atoms with E-state index in [1.165, 1.54) is 23.5 Å². The molecule has 0 unspecified atom stereocenters. The summed E-state index contributed by atoms with van der Waals surface area (Å²) in [6.07, 6.45) is 1.68. The van der Waals surface area contributed by atoms with Crippen LogP contribution in [0.25, 0.3) is 11.3 Å². The van der Waals surface area contributed by atoms with Crippen molar-refractivity contribution in [3.8, 4) is 11.3 Å². The molecular formula is C21H21FN2O3S. The second-order valence-electron chi connectivity index (χ2n) is 7.67. The molecule has 2 bridgehead atoms. The van der Waals surface area contributed by atoms with Crippen LogP contribution in [0.5, 0.6) is 0 Å². The maximum absolute atomic E-state index is 13.1. The largest absolute Gasteiger partial charge is 0.481 e. The smallest absolute Gasteiger partial charge is 0.307 e. The molecule has 2 saturated carbocycles. The number of amides is 1. The molecule has 5 nitrogen and oxygen atoms in total. The van der Waals surface area contributed by atoms with Crippen molar-refractivity contribution in [2.45, 2.75) is 26.7 Å². The van der Waals surface area contributed by atoms with Gasteiger partial charge in [0, 0.05) is 10.9 Å². The molecule has 0 saturated heterocycles. The molecule has 4 rings (SSSR count). The Balaban J connectivity index is 1.56. The van der Waals surface area contributed by atoms with Crippen molar-refractivity contribution in [1.29, 1.82) is 0 Å². The van der Waals surface area contributed by atoms with E-state index in [-0.39, 0.29) is 23.6 Å². The summed E-state index contributed by atoms with van der Waals surface area (Å²) >= 11 is 1.28. The lowest BCUT2D eigenvalue weighted by atomic mass is 9.79. The van der Waals surface area contributed by atoms with E-state index in [0.29, 0.717) is 10.8 Å². The van der Waals surface area contributed by atoms with Crippen LogP contribution in [0.4, 0.5) is 9.52 Å². The van der Waals surface area contributed by atoms with Gasteiger partial charge in [0.1, 0.15) is 5.82 Å². The highest BCUT2D eigenvalue weighted by molar-refractivity contribution is 7.14. The molecule has 1 aromatic heterocycles. The van der Waals surface area contributed by atoms with Gasteiger partial charge in [-0.3, -0.25) is 9.59 Å². The number of nitrogens with zero attached hydrogens (tertiary/aromatic N) is 1. The number of thiazole rings is 1. The first-order valence-electron chi connectivity index (χ1n) is 9.29. The number of halogens is 1. The van der Waals surface area contributed by atoms with Gasteiger partial charge >= 0.3 is 5.97 Å². The summed E-state index contributed by atoms with van der Waals surface area (Å²) in [6, 6.07) is 5.99. The normalized spacial score (nSPS) is 25.8. The number of benzene rings is 1. The number of aliphatic carboxylic acids is 1. The van der Waals surface area contributed by atoms with Crippen LogP contribution in [0, 0.1) is 29.5 Å². The molecule has 4 atom stereocenters. The Kier molecular flexibility index (Phi) is 4.79. The van der Waals surface area contributed by atoms with Crippen LogP contribution in [0.3, 0.4) is 0 Å². The number of carbonyl (C=O) groups excluding carboxylic acids is 1. The molecule has 7 heteroatoms. The first-order chi connectivity index (χ1) is 13.4. The van der Waals surface area contributed by atoms with Crippen molar-refractivity contribution in [3.63, 3.8) is 0 Å². The molecule has 1 amide bonds. The van der Waals surface area contributed by atoms with E-state index < -0.39 is 17.8 Å². The highest BCUT2D eigenvalue weighted by Crippen LogP contribution is 2.57. The van der Waals surface area contributed by atoms with E-state index in [2.05, 4.69) is 10.3 Å². The quantitative estimate of drug-likeness (QED) is 0.736. The van der Waals surface area contributed by atoms with Crippen LogP contribution < -0.4 is 5.32 Å². The number of aromatic nitrogens is 1. The third kappa shape index (κ3) is 3.13. The van der Waals surface area contributed by atoms with Crippen molar-refractivity contribution in [1.82, 2.24) is 4.98 Å². The number of allylic oxidation sites excluding steroid dienone is 2. The van der Waals surface area contributed by atoms with Gasteiger partial charge in [-0.1, -0.05) is 11.1 Å². The number of rotatable bonds is 4. The standard InChI is InChI=1S/C21H21FN2O3S/c1-10(2)16-13-7-8-14(16)18(20(26)27)17(13)19(25)24-21-23-15(9-28-21)11-3-5-12(22)6-4-11/h3-6,9,13-14,17-18H,7-8H2,1-2H3,(H,26,27)(H,23,24,25)/t13-,14-,17-,18+/m1/s1. The molecule has 0 spiro atoms. The highest BCUT2D eigenvalue weighted by atomic mass is 32.1. The predicted molar refractivity (Wildman–Crippen MR) is 105 cm³/mol. The van der Waals surface area contributed by atoms with Gasteiger partial charge in [0.05, 0.1) is 17.5 Å². The van der Waals surface area contributed by atoms with E-state index in [1.54, 1.807) is 17.5 Å². The molecule has 1 aromatic carbocycles. The van der Waals surface area contributed by atoms with E-state index >= 15 is 0 Å². The zero-order valence-corrected chi connectivity index (χ0v) is 16.4. The lowest BCUT2D eigenvalue weighted by Gasteiger charge is -2.25. The molecule has 146 valence electrons. The summed E-state index contributed by atoms with van der Waals surface area (Å²) in [6.45, 7) is 3.99. The van der Waals surface area contributed by atoms with Crippen LogP contribution >= 0.6 is 11.3 Å². The Morgan fingerprint density at radius 3 is 2.39 bits per heavy atom. The molecule has 1 heterocycles. The predicted octanol–water partition coefficient (Wildman–Crippen LogP) is 4.58. The maximum atomic E-state index is 13.1. The van der Waals surface area contributed by atoms with Crippen molar-refractivity contribution >= 4 is 28.3 Å². The monoisotopic (exact) mass is 400 g/mol. The molecule has 2 fully saturated rings. The molecule has 2 aliphatic carbocycles. The average Bonchev–Trinajstić information content (AvgIpc) is 3.35. The SMILES string of the molecule is CC(C)=C1[C@H]2CC[C@H]1[C@@H](C(=O)Nc1nc(-c3ccc(F)cc3)cs1)[C@H]2C(=O)O. The summed E-state index contributed by atoms with van der Waals surface area (Å²) < 4.78 is 13.1. The maximum Gasteiger partial charge on any atom is 0.307 e. The van der Waals surface area contributed by atoms with Crippen LogP contribution in [-0.2, 0) is 9.59 Å². The van der Waals surface area contributed by atoms with Crippen LogP contribution in [0.15, 0.2) is 40.8 Å². The Labute approximate surface area is 166 Å². The number of carboxylic acids is 1. The number of fused-ring (bicyclic) bond motifs is 2. The summed E-state index contributed by atoms with van der Waals surface area (Å²) in [5.41, 5.74) is 3.68. The Morgan fingerprint density at radius 2 is 1.79 bits per heavy atom. The fraction of sp³-hybridized carbons (Fsp3) is 0.381. The van der Waals surface area contributed by atoms with Crippen molar-refractivity contribution in [2.75, 3.05) is 5.32 Å². The van der Waals surface area contributed by atoms with E-state index in [4.69, 9.17) is 0 Å².